The fraction of sp³-hybridized carbons (Fsp3) is 0.625. The van der Waals surface area contributed by atoms with E-state index >= 15 is 0 Å². The summed E-state index contributed by atoms with van der Waals surface area (Å²) in [7, 11) is 0. The molecule has 0 bridgehead atoms. The largest absolute Gasteiger partial charge is 0.314 e. The highest BCUT2D eigenvalue weighted by Crippen LogP contribution is 2.12. The molecule has 0 fully saturated rings. The number of aryl methyl sites for hydroxylation is 1. The van der Waals surface area contributed by atoms with Gasteiger partial charge in [0.2, 0.25) is 0 Å². The maximum absolute atomic E-state index is 3.60. The van der Waals surface area contributed by atoms with Gasteiger partial charge in [0.1, 0.15) is 0 Å². The fourth-order valence-electron chi connectivity index (χ4n) is 2.11. The Kier molecular flexibility index (Phi) is 6.28. The smallest absolute Gasteiger partial charge is 0.0107 e. The van der Waals surface area contributed by atoms with Gasteiger partial charge in [-0.05, 0) is 44.2 Å². The first kappa shape index (κ1) is 14.2. The van der Waals surface area contributed by atoms with E-state index < -0.39 is 0 Å². The molecule has 0 saturated carbocycles. The molecule has 1 unspecified atom stereocenters. The summed E-state index contributed by atoms with van der Waals surface area (Å²) in [5, 5.41) is 3.60. The van der Waals surface area contributed by atoms with Crippen LogP contribution in [0.25, 0.3) is 0 Å². The van der Waals surface area contributed by atoms with Gasteiger partial charge in [-0.2, -0.15) is 0 Å². The van der Waals surface area contributed by atoms with Crippen LogP contribution in [-0.2, 0) is 6.42 Å². The standard InChI is InChI=1S/C16H27N/c1-5-17-16(11-6-13(2)3)12-15-9-7-14(4)8-10-15/h7-10,13,16-17H,5-6,11-12H2,1-4H3. The number of likely N-dealkylation sites (N-methyl/N-ethyl adjacent to an activating group) is 1. The van der Waals surface area contributed by atoms with E-state index in [4.69, 9.17) is 0 Å². The minimum atomic E-state index is 0.630. The van der Waals surface area contributed by atoms with E-state index in [2.05, 4.69) is 57.3 Å². The van der Waals surface area contributed by atoms with E-state index in [-0.39, 0.29) is 0 Å². The van der Waals surface area contributed by atoms with Crippen molar-refractivity contribution < 1.29 is 0 Å². The van der Waals surface area contributed by atoms with E-state index in [1.807, 2.05) is 0 Å². The molecule has 0 heterocycles. The third kappa shape index (κ3) is 5.88. The Bertz CT molecular complexity index is 300. The van der Waals surface area contributed by atoms with Crippen LogP contribution in [0.1, 0.15) is 44.7 Å². The first-order valence-corrected chi connectivity index (χ1v) is 6.90. The second kappa shape index (κ2) is 7.50. The van der Waals surface area contributed by atoms with Gasteiger partial charge in [-0.25, -0.2) is 0 Å². The zero-order valence-electron chi connectivity index (χ0n) is 11.8. The van der Waals surface area contributed by atoms with Crippen molar-refractivity contribution in [3.63, 3.8) is 0 Å². The molecule has 1 heteroatoms. The van der Waals surface area contributed by atoms with Gasteiger partial charge in [0.15, 0.2) is 0 Å². The number of benzene rings is 1. The Hall–Kier alpha value is -0.820. The van der Waals surface area contributed by atoms with Crippen LogP contribution in [0, 0.1) is 12.8 Å². The molecular weight excluding hydrogens is 206 g/mol. The van der Waals surface area contributed by atoms with Crippen LogP contribution < -0.4 is 5.32 Å². The molecule has 0 saturated heterocycles. The predicted octanol–water partition coefficient (Wildman–Crippen LogP) is 3.95. The molecule has 0 amide bonds. The highest BCUT2D eigenvalue weighted by molar-refractivity contribution is 5.22. The molecule has 1 nitrogen and oxygen atoms in total. The van der Waals surface area contributed by atoms with Gasteiger partial charge in [-0.3, -0.25) is 0 Å². The average Bonchev–Trinajstić information content (AvgIpc) is 2.29. The summed E-state index contributed by atoms with van der Waals surface area (Å²) in [6.07, 6.45) is 3.74. The highest BCUT2D eigenvalue weighted by Gasteiger charge is 2.09. The molecule has 1 aromatic rings. The second-order valence-corrected chi connectivity index (χ2v) is 5.42. The van der Waals surface area contributed by atoms with Crippen molar-refractivity contribution in [2.24, 2.45) is 5.92 Å². The molecule has 1 atom stereocenters. The lowest BCUT2D eigenvalue weighted by atomic mass is 9.97. The van der Waals surface area contributed by atoms with Gasteiger partial charge in [0.25, 0.3) is 0 Å². The van der Waals surface area contributed by atoms with Crippen molar-refractivity contribution in [2.75, 3.05) is 6.54 Å². The molecule has 0 spiro atoms. The summed E-state index contributed by atoms with van der Waals surface area (Å²) < 4.78 is 0. The van der Waals surface area contributed by atoms with Crippen molar-refractivity contribution in [3.8, 4) is 0 Å². The summed E-state index contributed by atoms with van der Waals surface area (Å²) in [6.45, 7) is 10.0. The molecule has 0 radical (unpaired) electrons. The Morgan fingerprint density at radius 2 is 1.71 bits per heavy atom. The molecule has 96 valence electrons. The van der Waals surface area contributed by atoms with Crippen LogP contribution in [0.2, 0.25) is 0 Å². The van der Waals surface area contributed by atoms with E-state index in [9.17, 15) is 0 Å². The maximum Gasteiger partial charge on any atom is 0.0107 e. The zero-order chi connectivity index (χ0) is 12.7. The Morgan fingerprint density at radius 1 is 1.06 bits per heavy atom. The SMILES string of the molecule is CCNC(CCC(C)C)Cc1ccc(C)cc1. The molecule has 0 aromatic heterocycles. The third-order valence-corrected chi connectivity index (χ3v) is 3.19. The Balaban J connectivity index is 2.50. The third-order valence-electron chi connectivity index (χ3n) is 3.19. The maximum atomic E-state index is 3.60. The molecular formula is C16H27N. The minimum Gasteiger partial charge on any atom is -0.314 e. The van der Waals surface area contributed by atoms with Crippen molar-refractivity contribution in [1.29, 1.82) is 0 Å². The van der Waals surface area contributed by atoms with E-state index in [0.717, 1.165) is 18.9 Å². The van der Waals surface area contributed by atoms with Crippen LogP contribution >= 0.6 is 0 Å². The van der Waals surface area contributed by atoms with Gasteiger partial charge in [0.05, 0.1) is 0 Å². The van der Waals surface area contributed by atoms with Crippen molar-refractivity contribution in [2.45, 2.75) is 53.0 Å². The summed E-state index contributed by atoms with van der Waals surface area (Å²) in [5.41, 5.74) is 2.79. The van der Waals surface area contributed by atoms with Crippen LogP contribution in [0.5, 0.6) is 0 Å². The quantitative estimate of drug-likeness (QED) is 0.752. The lowest BCUT2D eigenvalue weighted by molar-refractivity contribution is 0.434. The van der Waals surface area contributed by atoms with Gasteiger partial charge >= 0.3 is 0 Å². The number of rotatable bonds is 7. The second-order valence-electron chi connectivity index (χ2n) is 5.42. The normalized spacial score (nSPS) is 13.0. The molecule has 1 N–H and O–H groups in total. The predicted molar refractivity (Wildman–Crippen MR) is 76.4 cm³/mol. The monoisotopic (exact) mass is 233 g/mol. The molecule has 1 aromatic carbocycles. The zero-order valence-corrected chi connectivity index (χ0v) is 11.8. The summed E-state index contributed by atoms with van der Waals surface area (Å²) in [5.74, 6) is 0.800. The van der Waals surface area contributed by atoms with E-state index in [1.165, 1.54) is 24.0 Å². The first-order chi connectivity index (χ1) is 8.11. The molecule has 0 aliphatic heterocycles. The Morgan fingerprint density at radius 3 is 2.24 bits per heavy atom. The van der Waals surface area contributed by atoms with Gasteiger partial charge in [0, 0.05) is 6.04 Å². The van der Waals surface area contributed by atoms with Crippen LogP contribution in [0.15, 0.2) is 24.3 Å². The van der Waals surface area contributed by atoms with Crippen LogP contribution in [0.4, 0.5) is 0 Å². The summed E-state index contributed by atoms with van der Waals surface area (Å²) >= 11 is 0. The van der Waals surface area contributed by atoms with Crippen molar-refractivity contribution in [1.82, 2.24) is 5.32 Å². The lowest BCUT2D eigenvalue weighted by Gasteiger charge is -2.19. The van der Waals surface area contributed by atoms with Crippen molar-refractivity contribution >= 4 is 0 Å². The minimum absolute atomic E-state index is 0.630. The number of nitrogens with one attached hydrogen (secondary N) is 1. The van der Waals surface area contributed by atoms with E-state index in [0.29, 0.717) is 6.04 Å². The van der Waals surface area contributed by atoms with Gasteiger partial charge < -0.3 is 5.32 Å². The average molecular weight is 233 g/mol. The highest BCUT2D eigenvalue weighted by atomic mass is 14.9. The molecule has 0 aliphatic rings. The number of hydrogen-bond donors (Lipinski definition) is 1. The summed E-state index contributed by atoms with van der Waals surface area (Å²) in [6, 6.07) is 9.57. The van der Waals surface area contributed by atoms with Gasteiger partial charge in [-0.1, -0.05) is 50.6 Å². The lowest BCUT2D eigenvalue weighted by Crippen LogP contribution is -2.31. The summed E-state index contributed by atoms with van der Waals surface area (Å²) in [4.78, 5) is 0. The Labute approximate surface area is 107 Å². The number of hydrogen-bond acceptors (Lipinski definition) is 1. The molecule has 0 aliphatic carbocycles. The van der Waals surface area contributed by atoms with Crippen molar-refractivity contribution in [3.05, 3.63) is 35.4 Å². The topological polar surface area (TPSA) is 12.0 Å². The van der Waals surface area contributed by atoms with Gasteiger partial charge in [-0.15, -0.1) is 0 Å². The first-order valence-electron chi connectivity index (χ1n) is 6.90. The fourth-order valence-corrected chi connectivity index (χ4v) is 2.11. The molecule has 1 rings (SSSR count). The van der Waals surface area contributed by atoms with Crippen LogP contribution in [0.3, 0.4) is 0 Å². The molecule has 17 heavy (non-hydrogen) atoms. The van der Waals surface area contributed by atoms with E-state index in [1.54, 1.807) is 0 Å². The van der Waals surface area contributed by atoms with Crippen LogP contribution in [-0.4, -0.2) is 12.6 Å².